The Kier molecular flexibility index (Phi) is 7.20. The molecule has 5 heteroatoms. The maximum atomic E-state index is 11.7. The average molecular weight is 338 g/mol. The van der Waals surface area contributed by atoms with Crippen molar-refractivity contribution < 1.29 is 14.3 Å². The fourth-order valence-corrected chi connectivity index (χ4v) is 2.12. The normalized spacial score (nSPS) is 9.52. The van der Waals surface area contributed by atoms with Crippen LogP contribution in [-0.4, -0.2) is 33.3 Å². The van der Waals surface area contributed by atoms with Gasteiger partial charge in [0.1, 0.15) is 11.5 Å². The van der Waals surface area contributed by atoms with Gasteiger partial charge in [0.25, 0.3) is 0 Å². The van der Waals surface area contributed by atoms with Gasteiger partial charge in [-0.05, 0) is 48.4 Å². The van der Waals surface area contributed by atoms with E-state index in [1.807, 2.05) is 48.5 Å². The zero-order valence-corrected chi connectivity index (χ0v) is 14.5. The van der Waals surface area contributed by atoms with Gasteiger partial charge in [-0.15, -0.1) is 0 Å². The molecule has 0 unspecified atom stereocenters. The molecule has 0 bridgehead atoms. The molecule has 2 aromatic carbocycles. The molecular weight excluding hydrogens is 316 g/mol. The number of carbonyl (C=O) groups is 1. The standard InChI is InChI=1S/C20H22N2O3/c1-24-18-9-5-16(6-10-18)4-3-14-21-20(23)22-15-13-17-7-11-19(25-2)12-8-17/h5-12H,13-15H2,1-2H3,(H2,21,22,23). The molecule has 0 radical (unpaired) electrons. The van der Waals surface area contributed by atoms with Gasteiger partial charge in [-0.3, -0.25) is 0 Å². The molecule has 2 N–H and O–H groups in total. The summed E-state index contributed by atoms with van der Waals surface area (Å²) in [5.41, 5.74) is 2.02. The summed E-state index contributed by atoms with van der Waals surface area (Å²) in [5.74, 6) is 7.51. The molecule has 0 saturated heterocycles. The van der Waals surface area contributed by atoms with Crippen molar-refractivity contribution >= 4 is 6.03 Å². The van der Waals surface area contributed by atoms with E-state index in [9.17, 15) is 4.79 Å². The van der Waals surface area contributed by atoms with Crippen molar-refractivity contribution in [3.8, 4) is 23.3 Å². The number of benzene rings is 2. The van der Waals surface area contributed by atoms with Crippen molar-refractivity contribution in [3.05, 3.63) is 59.7 Å². The van der Waals surface area contributed by atoms with Crippen LogP contribution in [0.15, 0.2) is 48.5 Å². The van der Waals surface area contributed by atoms with Crippen LogP contribution in [0.2, 0.25) is 0 Å². The predicted molar refractivity (Wildman–Crippen MR) is 98.0 cm³/mol. The van der Waals surface area contributed by atoms with Gasteiger partial charge < -0.3 is 20.1 Å². The SMILES string of the molecule is COc1ccc(C#CCNC(=O)NCCc2ccc(OC)cc2)cc1. The van der Waals surface area contributed by atoms with Crippen LogP contribution < -0.4 is 20.1 Å². The van der Waals surface area contributed by atoms with Crippen molar-refractivity contribution in [2.24, 2.45) is 0 Å². The maximum absolute atomic E-state index is 11.7. The second kappa shape index (κ2) is 9.89. The summed E-state index contributed by atoms with van der Waals surface area (Å²) in [4.78, 5) is 11.7. The Labute approximate surface area is 148 Å². The number of ether oxygens (including phenoxy) is 2. The van der Waals surface area contributed by atoms with Crippen molar-refractivity contribution in [3.63, 3.8) is 0 Å². The molecule has 0 aliphatic heterocycles. The Balaban J connectivity index is 1.65. The number of urea groups is 1. The lowest BCUT2D eigenvalue weighted by Gasteiger charge is -2.06. The third-order valence-electron chi connectivity index (χ3n) is 3.52. The number of amides is 2. The van der Waals surface area contributed by atoms with Gasteiger partial charge in [0.15, 0.2) is 0 Å². The number of carbonyl (C=O) groups excluding carboxylic acids is 1. The van der Waals surface area contributed by atoms with Crippen LogP contribution in [0.1, 0.15) is 11.1 Å². The van der Waals surface area contributed by atoms with E-state index in [1.165, 1.54) is 0 Å². The molecule has 0 heterocycles. The van der Waals surface area contributed by atoms with Gasteiger partial charge in [-0.25, -0.2) is 4.79 Å². The highest BCUT2D eigenvalue weighted by molar-refractivity contribution is 5.74. The summed E-state index contributed by atoms with van der Waals surface area (Å²) in [5, 5.41) is 5.52. The zero-order chi connectivity index (χ0) is 17.9. The topological polar surface area (TPSA) is 59.6 Å². The molecule has 130 valence electrons. The molecule has 0 fully saturated rings. The first kappa shape index (κ1) is 18.2. The minimum absolute atomic E-state index is 0.224. The predicted octanol–water partition coefficient (Wildman–Crippen LogP) is 2.60. The van der Waals surface area contributed by atoms with Crippen molar-refractivity contribution in [1.82, 2.24) is 10.6 Å². The minimum atomic E-state index is -0.224. The maximum Gasteiger partial charge on any atom is 0.315 e. The van der Waals surface area contributed by atoms with Gasteiger partial charge in [-0.2, -0.15) is 0 Å². The van der Waals surface area contributed by atoms with Gasteiger partial charge in [0, 0.05) is 12.1 Å². The largest absolute Gasteiger partial charge is 0.497 e. The average Bonchev–Trinajstić information content (AvgIpc) is 2.66. The summed E-state index contributed by atoms with van der Waals surface area (Å²) in [6, 6.07) is 15.0. The van der Waals surface area contributed by atoms with Gasteiger partial charge in [0.05, 0.1) is 20.8 Å². The Morgan fingerprint density at radius 2 is 1.52 bits per heavy atom. The Hall–Kier alpha value is -3.13. The molecule has 25 heavy (non-hydrogen) atoms. The molecule has 2 rings (SSSR count). The minimum Gasteiger partial charge on any atom is -0.497 e. The van der Waals surface area contributed by atoms with Crippen LogP contribution in [-0.2, 0) is 6.42 Å². The van der Waals surface area contributed by atoms with Gasteiger partial charge >= 0.3 is 6.03 Å². The monoisotopic (exact) mass is 338 g/mol. The van der Waals surface area contributed by atoms with E-state index in [1.54, 1.807) is 14.2 Å². The molecule has 2 aromatic rings. The first-order chi connectivity index (χ1) is 12.2. The molecule has 5 nitrogen and oxygen atoms in total. The van der Waals surface area contributed by atoms with Gasteiger partial charge in [-0.1, -0.05) is 24.0 Å². The fraction of sp³-hybridized carbons (Fsp3) is 0.250. The van der Waals surface area contributed by atoms with Crippen LogP contribution in [0, 0.1) is 11.8 Å². The van der Waals surface area contributed by atoms with E-state index in [0.29, 0.717) is 13.1 Å². The molecule has 0 aliphatic carbocycles. The lowest BCUT2D eigenvalue weighted by molar-refractivity contribution is 0.242. The first-order valence-electron chi connectivity index (χ1n) is 7.99. The molecule has 0 spiro atoms. The summed E-state index contributed by atoms with van der Waals surface area (Å²) in [6.45, 7) is 0.852. The molecule has 0 atom stereocenters. The van der Waals surface area contributed by atoms with Crippen LogP contribution in [0.3, 0.4) is 0 Å². The third kappa shape index (κ3) is 6.48. The fourth-order valence-electron chi connectivity index (χ4n) is 2.12. The lowest BCUT2D eigenvalue weighted by atomic mass is 10.1. The first-order valence-corrected chi connectivity index (χ1v) is 7.99. The van der Waals surface area contributed by atoms with Crippen molar-refractivity contribution in [1.29, 1.82) is 0 Å². The van der Waals surface area contributed by atoms with Crippen molar-refractivity contribution in [2.75, 3.05) is 27.3 Å². The lowest BCUT2D eigenvalue weighted by Crippen LogP contribution is -2.36. The number of nitrogens with one attached hydrogen (secondary N) is 2. The van der Waals surface area contributed by atoms with Crippen LogP contribution in [0.4, 0.5) is 4.79 Å². The summed E-state index contributed by atoms with van der Waals surface area (Å²) < 4.78 is 10.2. The zero-order valence-electron chi connectivity index (χ0n) is 14.5. The van der Waals surface area contributed by atoms with E-state index >= 15 is 0 Å². The van der Waals surface area contributed by atoms with Crippen LogP contribution in [0.25, 0.3) is 0 Å². The smallest absolute Gasteiger partial charge is 0.315 e. The molecule has 0 saturated carbocycles. The molecular formula is C20H22N2O3. The third-order valence-corrected chi connectivity index (χ3v) is 3.52. The summed E-state index contributed by atoms with van der Waals surface area (Å²) in [7, 11) is 3.26. The second-order valence-corrected chi connectivity index (χ2v) is 5.24. The van der Waals surface area contributed by atoms with E-state index < -0.39 is 0 Å². The number of hydrogen-bond acceptors (Lipinski definition) is 3. The number of methoxy groups -OCH3 is 2. The number of hydrogen-bond donors (Lipinski definition) is 2. The quantitative estimate of drug-likeness (QED) is 0.796. The molecule has 0 aliphatic rings. The molecule has 2 amide bonds. The summed E-state index contributed by atoms with van der Waals surface area (Å²) >= 11 is 0. The number of rotatable bonds is 6. The Bertz CT molecular complexity index is 728. The van der Waals surface area contributed by atoms with E-state index in [4.69, 9.17) is 9.47 Å². The highest BCUT2D eigenvalue weighted by Gasteiger charge is 1.99. The highest BCUT2D eigenvalue weighted by atomic mass is 16.5. The Morgan fingerprint density at radius 3 is 2.12 bits per heavy atom. The molecule has 0 aromatic heterocycles. The highest BCUT2D eigenvalue weighted by Crippen LogP contribution is 2.11. The van der Waals surface area contributed by atoms with E-state index in [0.717, 1.165) is 29.0 Å². The second-order valence-electron chi connectivity index (χ2n) is 5.24. The van der Waals surface area contributed by atoms with E-state index in [-0.39, 0.29) is 6.03 Å². The summed E-state index contributed by atoms with van der Waals surface area (Å²) in [6.07, 6.45) is 0.759. The van der Waals surface area contributed by atoms with Crippen LogP contribution >= 0.6 is 0 Å². The van der Waals surface area contributed by atoms with Gasteiger partial charge in [0.2, 0.25) is 0 Å². The van der Waals surface area contributed by atoms with Crippen LogP contribution in [0.5, 0.6) is 11.5 Å². The van der Waals surface area contributed by atoms with E-state index in [2.05, 4.69) is 22.5 Å². The Morgan fingerprint density at radius 1 is 0.920 bits per heavy atom. The van der Waals surface area contributed by atoms with Crippen molar-refractivity contribution in [2.45, 2.75) is 6.42 Å².